The van der Waals surface area contributed by atoms with Crippen molar-refractivity contribution in [2.24, 2.45) is 0 Å². The Balaban J connectivity index is 1.81. The SMILES string of the molecule is O=c1n(-c2ccc(F)cc2)nc2n1[C@H](c1cnccn1)CC2. The van der Waals surface area contributed by atoms with E-state index in [1.807, 2.05) is 0 Å². The van der Waals surface area contributed by atoms with Crippen molar-refractivity contribution >= 4 is 0 Å². The third kappa shape index (κ3) is 1.93. The van der Waals surface area contributed by atoms with E-state index in [-0.39, 0.29) is 17.5 Å². The normalized spacial score (nSPS) is 16.7. The average molecular weight is 297 g/mol. The lowest BCUT2D eigenvalue weighted by Gasteiger charge is -2.10. The summed E-state index contributed by atoms with van der Waals surface area (Å²) >= 11 is 0. The number of hydrogen-bond acceptors (Lipinski definition) is 4. The summed E-state index contributed by atoms with van der Waals surface area (Å²) in [5.74, 6) is 0.367. The minimum atomic E-state index is -0.346. The molecule has 1 aliphatic heterocycles. The molecule has 4 rings (SSSR count). The van der Waals surface area contributed by atoms with E-state index < -0.39 is 0 Å². The van der Waals surface area contributed by atoms with E-state index >= 15 is 0 Å². The maximum atomic E-state index is 13.0. The highest BCUT2D eigenvalue weighted by Crippen LogP contribution is 2.27. The first-order valence-electron chi connectivity index (χ1n) is 6.96. The van der Waals surface area contributed by atoms with Gasteiger partial charge in [0.1, 0.15) is 11.6 Å². The molecular weight excluding hydrogens is 285 g/mol. The van der Waals surface area contributed by atoms with Crippen LogP contribution in [0.5, 0.6) is 0 Å². The number of halogens is 1. The Morgan fingerprint density at radius 3 is 2.73 bits per heavy atom. The lowest BCUT2D eigenvalue weighted by atomic mass is 10.1. The molecule has 0 spiro atoms. The van der Waals surface area contributed by atoms with Crippen LogP contribution >= 0.6 is 0 Å². The summed E-state index contributed by atoms with van der Waals surface area (Å²) in [5, 5.41) is 4.36. The molecule has 3 aromatic rings. The highest BCUT2D eigenvalue weighted by atomic mass is 19.1. The van der Waals surface area contributed by atoms with Crippen molar-refractivity contribution in [2.75, 3.05) is 0 Å². The van der Waals surface area contributed by atoms with Gasteiger partial charge in [0.25, 0.3) is 0 Å². The number of aromatic nitrogens is 5. The van der Waals surface area contributed by atoms with Gasteiger partial charge in [-0.25, -0.2) is 9.18 Å². The molecule has 1 aromatic carbocycles. The van der Waals surface area contributed by atoms with Crippen LogP contribution in [-0.4, -0.2) is 24.3 Å². The molecule has 1 aliphatic rings. The fourth-order valence-electron chi connectivity index (χ4n) is 2.81. The summed E-state index contributed by atoms with van der Waals surface area (Å²) in [4.78, 5) is 21.0. The van der Waals surface area contributed by atoms with Gasteiger partial charge >= 0.3 is 5.69 Å². The highest BCUT2D eigenvalue weighted by Gasteiger charge is 2.30. The van der Waals surface area contributed by atoms with E-state index in [0.717, 1.165) is 12.1 Å². The maximum Gasteiger partial charge on any atom is 0.351 e. The molecule has 3 heterocycles. The molecular formula is C15H12FN5O. The van der Waals surface area contributed by atoms with Crippen molar-refractivity contribution in [3.63, 3.8) is 0 Å². The van der Waals surface area contributed by atoms with Crippen molar-refractivity contribution in [1.82, 2.24) is 24.3 Å². The summed E-state index contributed by atoms with van der Waals surface area (Å²) in [5.41, 5.74) is 1.06. The minimum Gasteiger partial charge on any atom is -0.269 e. The van der Waals surface area contributed by atoms with Gasteiger partial charge in [0.15, 0.2) is 0 Å². The molecule has 0 N–H and O–H groups in total. The predicted molar refractivity (Wildman–Crippen MR) is 76.3 cm³/mol. The number of fused-ring (bicyclic) bond motifs is 1. The smallest absolute Gasteiger partial charge is 0.269 e. The summed E-state index contributed by atoms with van der Waals surface area (Å²) in [6.07, 6.45) is 6.36. The van der Waals surface area contributed by atoms with Gasteiger partial charge in [-0.1, -0.05) is 0 Å². The Labute approximate surface area is 124 Å². The molecule has 110 valence electrons. The minimum absolute atomic E-state index is 0.148. The van der Waals surface area contributed by atoms with E-state index in [1.165, 1.54) is 28.9 Å². The quantitative estimate of drug-likeness (QED) is 0.719. The van der Waals surface area contributed by atoms with Gasteiger partial charge in [0.05, 0.1) is 23.6 Å². The van der Waals surface area contributed by atoms with Crippen LogP contribution in [0.2, 0.25) is 0 Å². The molecule has 1 atom stereocenters. The Kier molecular flexibility index (Phi) is 2.85. The molecule has 7 heteroatoms. The van der Waals surface area contributed by atoms with Crippen LogP contribution in [0.4, 0.5) is 4.39 Å². The number of aryl methyl sites for hydroxylation is 1. The molecule has 6 nitrogen and oxygen atoms in total. The maximum absolute atomic E-state index is 13.0. The molecule has 0 radical (unpaired) electrons. The topological polar surface area (TPSA) is 65.6 Å². The predicted octanol–water partition coefficient (Wildman–Crippen LogP) is 1.50. The average Bonchev–Trinajstić information content (AvgIpc) is 3.10. The van der Waals surface area contributed by atoms with E-state index in [0.29, 0.717) is 17.9 Å². The lowest BCUT2D eigenvalue weighted by molar-refractivity contribution is 0.570. The van der Waals surface area contributed by atoms with E-state index in [4.69, 9.17) is 0 Å². The van der Waals surface area contributed by atoms with Crippen molar-refractivity contribution in [1.29, 1.82) is 0 Å². The van der Waals surface area contributed by atoms with Crippen LogP contribution < -0.4 is 5.69 Å². The van der Waals surface area contributed by atoms with E-state index in [9.17, 15) is 9.18 Å². The molecule has 0 unspecified atom stereocenters. The summed E-state index contributed by atoms with van der Waals surface area (Å²) < 4.78 is 16.0. The standard InChI is InChI=1S/C15H12FN5O/c16-10-1-3-11(4-2-10)21-15(22)20-13(5-6-14(20)19-21)12-9-17-7-8-18-12/h1-4,7-9,13H,5-6H2/t13-/m0/s1. The third-order valence-electron chi connectivity index (χ3n) is 3.83. The second-order valence-corrected chi connectivity index (χ2v) is 5.14. The third-order valence-corrected chi connectivity index (χ3v) is 3.83. The molecule has 0 fully saturated rings. The summed E-state index contributed by atoms with van der Waals surface area (Å²) in [7, 11) is 0. The first-order chi connectivity index (χ1) is 10.7. The van der Waals surface area contributed by atoms with Crippen LogP contribution in [0, 0.1) is 5.82 Å². The number of rotatable bonds is 2. The Morgan fingerprint density at radius 2 is 2.00 bits per heavy atom. The van der Waals surface area contributed by atoms with Crippen LogP contribution in [0.25, 0.3) is 5.69 Å². The molecule has 22 heavy (non-hydrogen) atoms. The Morgan fingerprint density at radius 1 is 1.18 bits per heavy atom. The second kappa shape index (κ2) is 4.87. The monoisotopic (exact) mass is 297 g/mol. The zero-order valence-corrected chi connectivity index (χ0v) is 11.6. The summed E-state index contributed by atoms with van der Waals surface area (Å²) in [6.45, 7) is 0. The van der Waals surface area contributed by atoms with E-state index in [1.54, 1.807) is 23.2 Å². The zero-order valence-electron chi connectivity index (χ0n) is 11.6. The zero-order chi connectivity index (χ0) is 15.1. The molecule has 0 bridgehead atoms. The van der Waals surface area contributed by atoms with Gasteiger partial charge in [-0.15, -0.1) is 5.10 Å². The van der Waals surface area contributed by atoms with Gasteiger partial charge in [0.2, 0.25) is 0 Å². The molecule has 0 saturated heterocycles. The Hall–Kier alpha value is -2.83. The fourth-order valence-corrected chi connectivity index (χ4v) is 2.81. The molecule has 0 saturated carbocycles. The van der Waals surface area contributed by atoms with Crippen LogP contribution in [0.1, 0.15) is 24.0 Å². The van der Waals surface area contributed by atoms with Crippen LogP contribution in [0.3, 0.4) is 0 Å². The Bertz CT molecular complexity index is 869. The van der Waals surface area contributed by atoms with Gasteiger partial charge in [-0.3, -0.25) is 14.5 Å². The van der Waals surface area contributed by atoms with Crippen LogP contribution in [-0.2, 0) is 6.42 Å². The van der Waals surface area contributed by atoms with E-state index in [2.05, 4.69) is 15.1 Å². The van der Waals surface area contributed by atoms with Crippen LogP contribution in [0.15, 0.2) is 47.7 Å². The van der Waals surface area contributed by atoms with Crippen molar-refractivity contribution in [2.45, 2.75) is 18.9 Å². The first-order valence-corrected chi connectivity index (χ1v) is 6.96. The van der Waals surface area contributed by atoms with Crippen molar-refractivity contribution in [3.8, 4) is 5.69 Å². The molecule has 0 aliphatic carbocycles. The lowest BCUT2D eigenvalue weighted by Crippen LogP contribution is -2.26. The number of nitrogens with zero attached hydrogens (tertiary/aromatic N) is 5. The molecule has 0 amide bonds. The van der Waals surface area contributed by atoms with Crippen molar-refractivity contribution < 1.29 is 4.39 Å². The van der Waals surface area contributed by atoms with Gasteiger partial charge in [-0.2, -0.15) is 4.68 Å². The number of benzene rings is 1. The van der Waals surface area contributed by atoms with Gasteiger partial charge < -0.3 is 0 Å². The fraction of sp³-hybridized carbons (Fsp3) is 0.200. The largest absolute Gasteiger partial charge is 0.351 e. The van der Waals surface area contributed by atoms with Crippen molar-refractivity contribution in [3.05, 3.63) is 70.7 Å². The summed E-state index contributed by atoms with van der Waals surface area (Å²) in [6, 6.07) is 5.55. The highest BCUT2D eigenvalue weighted by molar-refractivity contribution is 5.31. The van der Waals surface area contributed by atoms with Gasteiger partial charge in [-0.05, 0) is 30.7 Å². The number of hydrogen-bond donors (Lipinski definition) is 0. The van der Waals surface area contributed by atoms with Gasteiger partial charge in [0, 0.05) is 18.8 Å². The second-order valence-electron chi connectivity index (χ2n) is 5.14. The first kappa shape index (κ1) is 12.9. The molecule has 2 aromatic heterocycles.